The van der Waals surface area contributed by atoms with Crippen molar-refractivity contribution in [2.24, 2.45) is 0 Å². The molecule has 1 saturated heterocycles. The fraction of sp³-hybridized carbons (Fsp3) is 0.353. The second kappa shape index (κ2) is 7.43. The average Bonchev–Trinajstić information content (AvgIpc) is 3.06. The molecule has 0 N–H and O–H groups in total. The fourth-order valence-corrected chi connectivity index (χ4v) is 3.70. The summed E-state index contributed by atoms with van der Waals surface area (Å²) in [6.07, 6.45) is 1.03. The molecule has 0 bridgehead atoms. The van der Waals surface area contributed by atoms with Crippen molar-refractivity contribution in [1.29, 1.82) is 0 Å². The van der Waals surface area contributed by atoms with Crippen LogP contribution in [0.3, 0.4) is 0 Å². The smallest absolute Gasteiger partial charge is 0.258 e. The average molecular weight is 353 g/mol. The van der Waals surface area contributed by atoms with Crippen LogP contribution in [0, 0.1) is 5.82 Å². The van der Waals surface area contributed by atoms with Crippen molar-refractivity contribution in [3.8, 4) is 0 Å². The predicted octanol–water partition coefficient (Wildman–Crippen LogP) is 3.54. The molecule has 2 aromatic rings. The summed E-state index contributed by atoms with van der Waals surface area (Å²) in [6.45, 7) is 3.82. The minimum atomic E-state index is -0.553. The van der Waals surface area contributed by atoms with Crippen LogP contribution in [0.2, 0.25) is 5.02 Å². The van der Waals surface area contributed by atoms with Crippen LogP contribution in [0.25, 0.3) is 0 Å². The Labute approximate surface area is 144 Å². The van der Waals surface area contributed by atoms with E-state index in [4.69, 9.17) is 11.6 Å². The first-order chi connectivity index (χ1) is 11.1. The zero-order valence-corrected chi connectivity index (χ0v) is 14.2. The first-order valence-electron chi connectivity index (χ1n) is 7.63. The molecule has 1 fully saturated rings. The Morgan fingerprint density at radius 2 is 1.96 bits per heavy atom. The van der Waals surface area contributed by atoms with Gasteiger partial charge < -0.3 is 4.90 Å². The van der Waals surface area contributed by atoms with Crippen LogP contribution in [-0.2, 0) is 6.42 Å². The molecule has 122 valence electrons. The van der Waals surface area contributed by atoms with Gasteiger partial charge in [0.1, 0.15) is 5.82 Å². The highest BCUT2D eigenvalue weighted by molar-refractivity contribution is 7.09. The number of halogens is 2. The number of carbonyl (C=O) groups excluding carboxylic acids is 1. The number of piperazine rings is 1. The highest BCUT2D eigenvalue weighted by Gasteiger charge is 2.25. The van der Waals surface area contributed by atoms with E-state index in [0.717, 1.165) is 26.1 Å². The highest BCUT2D eigenvalue weighted by atomic mass is 35.5. The van der Waals surface area contributed by atoms with E-state index >= 15 is 0 Å². The molecular weight excluding hydrogens is 335 g/mol. The van der Waals surface area contributed by atoms with Crippen molar-refractivity contribution in [3.63, 3.8) is 0 Å². The maximum Gasteiger partial charge on any atom is 0.258 e. The Kier molecular flexibility index (Phi) is 5.30. The lowest BCUT2D eigenvalue weighted by molar-refractivity contribution is 0.0634. The Morgan fingerprint density at radius 1 is 1.17 bits per heavy atom. The Morgan fingerprint density at radius 3 is 2.61 bits per heavy atom. The van der Waals surface area contributed by atoms with E-state index in [1.165, 1.54) is 17.0 Å². The monoisotopic (exact) mass is 352 g/mol. The zero-order valence-electron chi connectivity index (χ0n) is 12.7. The van der Waals surface area contributed by atoms with Crippen molar-refractivity contribution in [2.45, 2.75) is 6.42 Å². The number of hydrogen-bond acceptors (Lipinski definition) is 3. The molecule has 1 aromatic carbocycles. The van der Waals surface area contributed by atoms with Gasteiger partial charge in [-0.2, -0.15) is 0 Å². The van der Waals surface area contributed by atoms with Gasteiger partial charge in [0, 0.05) is 37.6 Å². The van der Waals surface area contributed by atoms with Crippen LogP contribution in [0.15, 0.2) is 35.7 Å². The van der Waals surface area contributed by atoms with Gasteiger partial charge >= 0.3 is 0 Å². The minimum Gasteiger partial charge on any atom is -0.336 e. The predicted molar refractivity (Wildman–Crippen MR) is 91.8 cm³/mol. The largest absolute Gasteiger partial charge is 0.336 e. The van der Waals surface area contributed by atoms with E-state index < -0.39 is 5.82 Å². The molecule has 1 aliphatic rings. The number of hydrogen-bond donors (Lipinski definition) is 0. The van der Waals surface area contributed by atoms with Crippen LogP contribution in [0.5, 0.6) is 0 Å². The molecule has 6 heteroatoms. The summed E-state index contributed by atoms with van der Waals surface area (Å²) in [7, 11) is 0. The van der Waals surface area contributed by atoms with Gasteiger partial charge in [-0.05, 0) is 30.0 Å². The Hall–Kier alpha value is -1.43. The second-order valence-electron chi connectivity index (χ2n) is 5.56. The van der Waals surface area contributed by atoms with Gasteiger partial charge in [0.05, 0.1) is 10.6 Å². The summed E-state index contributed by atoms with van der Waals surface area (Å²) in [5, 5.41) is 2.26. The molecule has 0 aliphatic carbocycles. The normalized spacial score (nSPS) is 15.8. The molecule has 0 atom stereocenters. The fourth-order valence-electron chi connectivity index (χ4n) is 2.76. The molecule has 3 rings (SSSR count). The molecule has 1 aliphatic heterocycles. The van der Waals surface area contributed by atoms with Crippen molar-refractivity contribution >= 4 is 28.8 Å². The van der Waals surface area contributed by atoms with E-state index in [2.05, 4.69) is 22.4 Å². The quantitative estimate of drug-likeness (QED) is 0.840. The zero-order chi connectivity index (χ0) is 16.2. The van der Waals surface area contributed by atoms with E-state index in [-0.39, 0.29) is 16.5 Å². The van der Waals surface area contributed by atoms with Gasteiger partial charge in [-0.3, -0.25) is 9.69 Å². The molecule has 23 heavy (non-hydrogen) atoms. The van der Waals surface area contributed by atoms with Crippen molar-refractivity contribution in [3.05, 3.63) is 57.0 Å². The number of benzene rings is 1. The van der Waals surface area contributed by atoms with Crippen LogP contribution < -0.4 is 0 Å². The third-order valence-corrected chi connectivity index (χ3v) is 5.34. The van der Waals surface area contributed by atoms with Gasteiger partial charge in [-0.15, -0.1) is 11.3 Å². The van der Waals surface area contributed by atoms with Crippen LogP contribution in [0.1, 0.15) is 15.2 Å². The summed E-state index contributed by atoms with van der Waals surface area (Å²) in [5.41, 5.74) is -0.0128. The number of thiophene rings is 1. The molecule has 1 aromatic heterocycles. The Bertz CT molecular complexity index is 649. The number of nitrogens with zero attached hydrogens (tertiary/aromatic N) is 2. The molecule has 2 heterocycles. The molecule has 1 amide bonds. The maximum atomic E-state index is 13.9. The van der Waals surface area contributed by atoms with Crippen LogP contribution in [-0.4, -0.2) is 48.4 Å². The Balaban J connectivity index is 1.55. The van der Waals surface area contributed by atoms with Crippen molar-refractivity contribution in [2.75, 3.05) is 32.7 Å². The van der Waals surface area contributed by atoms with Crippen molar-refractivity contribution < 1.29 is 9.18 Å². The standard InChI is InChI=1S/C17H18ClFN2OS/c18-14-4-1-5-15(19)16(14)17(22)21-10-8-20(9-11-21)7-6-13-3-2-12-23-13/h1-5,12H,6-11H2. The van der Waals surface area contributed by atoms with Gasteiger partial charge in [-0.25, -0.2) is 4.39 Å². The lowest BCUT2D eigenvalue weighted by Gasteiger charge is -2.34. The summed E-state index contributed by atoms with van der Waals surface area (Å²) in [6, 6.07) is 8.54. The lowest BCUT2D eigenvalue weighted by atomic mass is 10.1. The third kappa shape index (κ3) is 3.91. The van der Waals surface area contributed by atoms with Gasteiger partial charge in [0.15, 0.2) is 0 Å². The summed E-state index contributed by atoms with van der Waals surface area (Å²) < 4.78 is 13.9. The van der Waals surface area contributed by atoms with Gasteiger partial charge in [-0.1, -0.05) is 23.7 Å². The van der Waals surface area contributed by atoms with E-state index in [0.29, 0.717) is 13.1 Å². The summed E-state index contributed by atoms with van der Waals surface area (Å²) in [4.78, 5) is 17.9. The number of amides is 1. The van der Waals surface area contributed by atoms with E-state index in [9.17, 15) is 9.18 Å². The SMILES string of the molecule is O=C(c1c(F)cccc1Cl)N1CCN(CCc2cccs2)CC1. The highest BCUT2D eigenvalue weighted by Crippen LogP contribution is 2.21. The summed E-state index contributed by atoms with van der Waals surface area (Å²) in [5.74, 6) is -0.867. The summed E-state index contributed by atoms with van der Waals surface area (Å²) >= 11 is 7.75. The van der Waals surface area contributed by atoms with E-state index in [1.807, 2.05) is 0 Å². The van der Waals surface area contributed by atoms with Crippen LogP contribution in [0.4, 0.5) is 4.39 Å². The third-order valence-electron chi connectivity index (χ3n) is 4.09. The molecule has 0 spiro atoms. The maximum absolute atomic E-state index is 13.9. The first-order valence-corrected chi connectivity index (χ1v) is 8.89. The van der Waals surface area contributed by atoms with E-state index in [1.54, 1.807) is 22.3 Å². The molecular formula is C17H18ClFN2OS. The molecule has 0 saturated carbocycles. The molecule has 3 nitrogen and oxygen atoms in total. The van der Waals surface area contributed by atoms with Crippen molar-refractivity contribution in [1.82, 2.24) is 9.80 Å². The molecule has 0 radical (unpaired) electrons. The second-order valence-corrected chi connectivity index (χ2v) is 7.00. The van der Waals surface area contributed by atoms with Gasteiger partial charge in [0.2, 0.25) is 0 Å². The van der Waals surface area contributed by atoms with Gasteiger partial charge in [0.25, 0.3) is 5.91 Å². The topological polar surface area (TPSA) is 23.6 Å². The molecule has 0 unspecified atom stereocenters. The number of carbonyl (C=O) groups is 1. The lowest BCUT2D eigenvalue weighted by Crippen LogP contribution is -2.49. The van der Waals surface area contributed by atoms with Crippen LogP contribution >= 0.6 is 22.9 Å². The minimum absolute atomic E-state index is 0.0128. The number of rotatable bonds is 4. The first kappa shape index (κ1) is 16.4.